The van der Waals surface area contributed by atoms with E-state index in [0.717, 1.165) is 16.7 Å². The molecule has 0 aliphatic carbocycles. The summed E-state index contributed by atoms with van der Waals surface area (Å²) in [5, 5.41) is -1.45. The molecule has 1 heterocycles. The van der Waals surface area contributed by atoms with Crippen LogP contribution >= 0.6 is 9.24 Å². The third-order valence-electron chi connectivity index (χ3n) is 6.48. The van der Waals surface area contributed by atoms with Crippen LogP contribution in [0.15, 0.2) is 65.6 Å². The number of halogens is 1. The molecule has 1 aliphatic rings. The Morgan fingerprint density at radius 2 is 1.68 bits per heavy atom. The molecule has 3 aromatic rings. The molecule has 4 rings (SSSR count). The Morgan fingerprint density at radius 1 is 1.05 bits per heavy atom. The predicted molar refractivity (Wildman–Crippen MR) is 152 cm³/mol. The van der Waals surface area contributed by atoms with Crippen molar-refractivity contribution in [1.29, 1.82) is 0 Å². The second-order valence-electron chi connectivity index (χ2n) is 9.75. The predicted octanol–water partition coefficient (Wildman–Crippen LogP) is 5.00. The Hall–Kier alpha value is -2.34. The lowest BCUT2D eigenvalue weighted by Gasteiger charge is -2.33. The average Bonchev–Trinajstić information content (AvgIpc) is 2.82. The smallest absolute Gasteiger partial charge is 0.359 e. The van der Waals surface area contributed by atoms with Gasteiger partial charge in [0.15, 0.2) is 0 Å². The zero-order valence-electron chi connectivity index (χ0n) is 21.4. The quantitative estimate of drug-likeness (QED) is 0.300. The number of benzene rings is 3. The lowest BCUT2D eigenvalue weighted by Crippen LogP contribution is -2.42. The van der Waals surface area contributed by atoms with E-state index in [2.05, 4.69) is 9.24 Å². The monoisotopic (exact) mass is 537 g/mol. The Balaban J connectivity index is 1.68. The summed E-state index contributed by atoms with van der Waals surface area (Å²) in [6.45, 7) is 5.57. The van der Waals surface area contributed by atoms with E-state index >= 15 is 0 Å². The fourth-order valence-electron chi connectivity index (χ4n) is 4.56. The number of nitrogens with zero attached hydrogens (tertiary/aromatic N) is 1. The van der Waals surface area contributed by atoms with Gasteiger partial charge in [-0.05, 0) is 63.1 Å². The molecular formula is C27H31B2FNO4PS. The molecular weight excluding hydrogens is 506 g/mol. The Kier molecular flexibility index (Phi) is 8.37. The molecule has 1 saturated heterocycles. The molecule has 37 heavy (non-hydrogen) atoms. The zero-order chi connectivity index (χ0) is 26.8. The van der Waals surface area contributed by atoms with Gasteiger partial charge in [-0.3, -0.25) is 0 Å². The van der Waals surface area contributed by atoms with Crippen molar-refractivity contribution < 1.29 is 22.2 Å². The summed E-state index contributed by atoms with van der Waals surface area (Å²) in [6, 6.07) is 18.3. The van der Waals surface area contributed by atoms with Crippen LogP contribution in [0, 0.1) is 13.8 Å². The first-order valence-corrected chi connectivity index (χ1v) is 14.3. The van der Waals surface area contributed by atoms with Crippen molar-refractivity contribution in [3.05, 3.63) is 77.4 Å². The molecule has 192 valence electrons. The minimum atomic E-state index is -3.97. The first kappa shape index (κ1) is 27.7. The molecule has 5 nitrogen and oxygen atoms in total. The van der Waals surface area contributed by atoms with Crippen LogP contribution in [-0.4, -0.2) is 46.0 Å². The first-order chi connectivity index (χ1) is 17.4. The van der Waals surface area contributed by atoms with Crippen molar-refractivity contribution in [2.75, 3.05) is 13.1 Å². The minimum Gasteiger partial charge on any atom is -0.560 e. The van der Waals surface area contributed by atoms with E-state index in [-0.39, 0.29) is 43.5 Å². The van der Waals surface area contributed by atoms with E-state index in [1.165, 1.54) is 10.4 Å². The Bertz CT molecular complexity index is 1340. The number of aryl methyl sites for hydroxylation is 2. The van der Waals surface area contributed by atoms with Crippen LogP contribution in [0.4, 0.5) is 4.39 Å². The summed E-state index contributed by atoms with van der Waals surface area (Å²) in [5.41, 5.74) is 3.40. The molecule has 1 unspecified atom stereocenters. The van der Waals surface area contributed by atoms with Crippen molar-refractivity contribution in [3.63, 3.8) is 0 Å². The number of piperidine rings is 1. The van der Waals surface area contributed by atoms with Crippen LogP contribution < -0.4 is 14.9 Å². The largest absolute Gasteiger partial charge is 0.560 e. The highest BCUT2D eigenvalue weighted by atomic mass is 32.2. The molecule has 0 bridgehead atoms. The third kappa shape index (κ3) is 6.76. The highest BCUT2D eigenvalue weighted by Gasteiger charge is 2.37. The van der Waals surface area contributed by atoms with Gasteiger partial charge in [0, 0.05) is 19.2 Å². The summed E-state index contributed by atoms with van der Waals surface area (Å²) in [7, 11) is 4.17. The van der Waals surface area contributed by atoms with Crippen LogP contribution in [0.3, 0.4) is 0 Å². The molecule has 2 radical (unpaired) electrons. The van der Waals surface area contributed by atoms with Crippen molar-refractivity contribution in [2.45, 2.75) is 50.1 Å². The fourth-order valence-corrected chi connectivity index (χ4v) is 6.39. The lowest BCUT2D eigenvalue weighted by molar-refractivity contribution is 0.178. The lowest BCUT2D eigenvalue weighted by atomic mass is 9.65. The standard InChI is InChI=1S/C27H31B2FNO4PS/c1-19-15-22(28)16-20(2)26(19)34-23-9-10-24(35-29(3)18-21-7-5-4-6-8-21)25(17-23)37(32,33)31-13-11-27(30,36)12-14-31/h4-10,15-17H,11-14,18,36H2,1-3H3. The van der Waals surface area contributed by atoms with Crippen molar-refractivity contribution in [1.82, 2.24) is 4.31 Å². The maximum Gasteiger partial charge on any atom is 0.359 e. The fraction of sp³-hybridized carbons (Fsp3) is 0.333. The van der Waals surface area contributed by atoms with Gasteiger partial charge >= 0.3 is 6.92 Å². The van der Waals surface area contributed by atoms with Gasteiger partial charge < -0.3 is 9.39 Å². The molecule has 0 N–H and O–H groups in total. The highest BCUT2D eigenvalue weighted by Crippen LogP contribution is 2.38. The molecule has 0 aromatic heterocycles. The van der Waals surface area contributed by atoms with Crippen LogP contribution in [0.2, 0.25) is 6.82 Å². The highest BCUT2D eigenvalue weighted by molar-refractivity contribution is 7.89. The molecule has 0 saturated carbocycles. The van der Waals surface area contributed by atoms with E-state index in [4.69, 9.17) is 17.2 Å². The number of hydrogen-bond donors (Lipinski definition) is 0. The number of ether oxygens (including phenoxy) is 1. The number of hydrogen-bond acceptors (Lipinski definition) is 4. The minimum absolute atomic E-state index is 0.00535. The van der Waals surface area contributed by atoms with Gasteiger partial charge in [0.05, 0.1) is 0 Å². The molecule has 0 amide bonds. The van der Waals surface area contributed by atoms with Crippen LogP contribution in [0.5, 0.6) is 17.2 Å². The summed E-state index contributed by atoms with van der Waals surface area (Å²) < 4.78 is 55.6. The van der Waals surface area contributed by atoms with E-state index < -0.39 is 15.4 Å². The third-order valence-corrected chi connectivity index (χ3v) is 8.98. The van der Waals surface area contributed by atoms with Crippen molar-refractivity contribution in [2.24, 2.45) is 0 Å². The summed E-state index contributed by atoms with van der Waals surface area (Å²) in [6.07, 6.45) is 0.832. The van der Waals surface area contributed by atoms with Gasteiger partial charge in [0.1, 0.15) is 35.4 Å². The zero-order valence-corrected chi connectivity index (χ0v) is 23.4. The van der Waals surface area contributed by atoms with E-state index in [1.807, 2.05) is 63.1 Å². The van der Waals surface area contributed by atoms with Gasteiger partial charge in [-0.1, -0.05) is 62.7 Å². The SMILES string of the molecule is [B]c1cc(C)c(Oc2ccc(OB(C)Cc3ccccc3)c(S(=O)(=O)N3CCC(F)(P)CC3)c2)c(C)c1. The molecule has 10 heteroatoms. The summed E-state index contributed by atoms with van der Waals surface area (Å²) >= 11 is 0. The van der Waals surface area contributed by atoms with E-state index in [9.17, 15) is 12.8 Å². The first-order valence-electron chi connectivity index (χ1n) is 12.3. The average molecular weight is 537 g/mol. The number of sulfonamides is 1. The van der Waals surface area contributed by atoms with Gasteiger partial charge in [-0.25, -0.2) is 12.8 Å². The number of rotatable bonds is 8. The molecule has 1 atom stereocenters. The van der Waals surface area contributed by atoms with Crippen LogP contribution in [0.25, 0.3) is 0 Å². The normalized spacial score (nSPS) is 15.8. The summed E-state index contributed by atoms with van der Waals surface area (Å²) in [4.78, 5) is 0.00535. The molecule has 3 aromatic carbocycles. The molecule has 0 spiro atoms. The van der Waals surface area contributed by atoms with Crippen LogP contribution in [0.1, 0.15) is 29.5 Å². The van der Waals surface area contributed by atoms with E-state index in [1.54, 1.807) is 12.1 Å². The van der Waals surface area contributed by atoms with Gasteiger partial charge in [-0.15, -0.1) is 0 Å². The van der Waals surface area contributed by atoms with Gasteiger partial charge in [0.25, 0.3) is 0 Å². The Morgan fingerprint density at radius 3 is 2.30 bits per heavy atom. The topological polar surface area (TPSA) is 55.8 Å². The second kappa shape index (κ2) is 11.2. The molecule has 1 fully saturated rings. The summed E-state index contributed by atoms with van der Waals surface area (Å²) in [5.74, 6) is 1.22. The van der Waals surface area contributed by atoms with Crippen molar-refractivity contribution in [3.8, 4) is 17.2 Å². The molecule has 1 aliphatic heterocycles. The van der Waals surface area contributed by atoms with E-state index in [0.29, 0.717) is 23.3 Å². The second-order valence-corrected chi connectivity index (χ2v) is 12.7. The Labute approximate surface area is 223 Å². The number of alkyl halides is 1. The van der Waals surface area contributed by atoms with Gasteiger partial charge in [-0.2, -0.15) is 4.31 Å². The van der Waals surface area contributed by atoms with Crippen molar-refractivity contribution >= 4 is 39.5 Å². The van der Waals surface area contributed by atoms with Gasteiger partial charge in [0.2, 0.25) is 10.0 Å². The van der Waals surface area contributed by atoms with Crippen LogP contribution in [-0.2, 0) is 16.3 Å². The maximum atomic E-state index is 14.4. The maximum absolute atomic E-state index is 14.4.